The zero-order valence-corrected chi connectivity index (χ0v) is 13.3. The van der Waals surface area contributed by atoms with Crippen LogP contribution in [0, 0.1) is 13.8 Å². The van der Waals surface area contributed by atoms with Gasteiger partial charge in [0.2, 0.25) is 5.89 Å². The highest BCUT2D eigenvalue weighted by Gasteiger charge is 2.14. The lowest BCUT2D eigenvalue weighted by Crippen LogP contribution is -1.97. The van der Waals surface area contributed by atoms with Gasteiger partial charge in [-0.2, -0.15) is 14.6 Å². The molecule has 3 heterocycles. The Labute approximate surface area is 135 Å². The van der Waals surface area contributed by atoms with Crippen molar-refractivity contribution in [3.8, 4) is 11.5 Å². The molecule has 1 aromatic carbocycles. The lowest BCUT2D eigenvalue weighted by Gasteiger charge is -2.01. The van der Waals surface area contributed by atoms with E-state index in [1.54, 1.807) is 4.52 Å². The predicted octanol–water partition coefficient (Wildman–Crippen LogP) is 2.94. The monoisotopic (exact) mass is 324 g/mol. The first-order valence-electron chi connectivity index (χ1n) is 6.95. The Balaban J connectivity index is 1.70. The summed E-state index contributed by atoms with van der Waals surface area (Å²) in [6, 6.07) is 9.81. The second-order valence-electron chi connectivity index (χ2n) is 5.00. The van der Waals surface area contributed by atoms with E-state index >= 15 is 0 Å². The van der Waals surface area contributed by atoms with Gasteiger partial charge in [0, 0.05) is 11.3 Å². The van der Waals surface area contributed by atoms with Crippen LogP contribution in [0.2, 0.25) is 0 Å². The van der Waals surface area contributed by atoms with Crippen LogP contribution in [0.4, 0.5) is 0 Å². The first-order chi connectivity index (χ1) is 11.2. The Bertz CT molecular complexity index is 992. The van der Waals surface area contributed by atoms with E-state index in [0.29, 0.717) is 16.9 Å². The lowest BCUT2D eigenvalue weighted by atomic mass is 10.1. The molecule has 0 saturated heterocycles. The maximum Gasteiger partial charge on any atom is 0.283 e. The van der Waals surface area contributed by atoms with E-state index in [2.05, 4.69) is 25.3 Å². The standard InChI is InChI=1S/C15H12N6OS/c1-9-5-3-4-6-11(9)13-19-20-15(22-13)23-12-7-10(2)18-14-16-8-17-21(12)14/h3-8H,1-2H3. The Morgan fingerprint density at radius 2 is 2.00 bits per heavy atom. The zero-order valence-electron chi connectivity index (χ0n) is 12.5. The number of fused-ring (bicyclic) bond motifs is 1. The van der Waals surface area contributed by atoms with E-state index in [1.165, 1.54) is 18.1 Å². The van der Waals surface area contributed by atoms with Crippen molar-refractivity contribution in [2.24, 2.45) is 0 Å². The Hall–Kier alpha value is -2.74. The third-order valence-electron chi connectivity index (χ3n) is 3.32. The number of nitrogens with zero attached hydrogens (tertiary/aromatic N) is 6. The molecule has 4 aromatic rings. The van der Waals surface area contributed by atoms with Crippen LogP contribution in [-0.4, -0.2) is 29.8 Å². The molecule has 0 aliphatic carbocycles. The molecule has 0 aliphatic heterocycles. The Morgan fingerprint density at radius 1 is 1.13 bits per heavy atom. The molecule has 0 N–H and O–H groups in total. The summed E-state index contributed by atoms with van der Waals surface area (Å²) in [7, 11) is 0. The first kappa shape index (κ1) is 13.9. The molecular weight excluding hydrogens is 312 g/mol. The number of hydrogen-bond acceptors (Lipinski definition) is 7. The van der Waals surface area contributed by atoms with Gasteiger partial charge in [-0.25, -0.2) is 4.98 Å². The maximum atomic E-state index is 5.78. The van der Waals surface area contributed by atoms with Crippen LogP contribution in [0.5, 0.6) is 0 Å². The molecular formula is C15H12N6OS. The van der Waals surface area contributed by atoms with Crippen LogP contribution < -0.4 is 0 Å². The number of aromatic nitrogens is 6. The van der Waals surface area contributed by atoms with E-state index < -0.39 is 0 Å². The van der Waals surface area contributed by atoms with Gasteiger partial charge < -0.3 is 4.42 Å². The molecule has 3 aromatic heterocycles. The molecule has 0 bridgehead atoms. The molecule has 0 amide bonds. The van der Waals surface area contributed by atoms with Gasteiger partial charge in [-0.3, -0.25) is 0 Å². The number of rotatable bonds is 3. The average molecular weight is 324 g/mol. The van der Waals surface area contributed by atoms with Crippen molar-refractivity contribution in [3.63, 3.8) is 0 Å². The first-order valence-corrected chi connectivity index (χ1v) is 7.77. The fourth-order valence-corrected chi connectivity index (χ4v) is 3.06. The van der Waals surface area contributed by atoms with E-state index in [-0.39, 0.29) is 0 Å². The molecule has 0 atom stereocenters. The van der Waals surface area contributed by atoms with Crippen molar-refractivity contribution in [1.82, 2.24) is 29.8 Å². The average Bonchev–Trinajstić information content (AvgIpc) is 3.17. The number of hydrogen-bond donors (Lipinski definition) is 0. The normalized spacial score (nSPS) is 11.2. The number of aryl methyl sites for hydroxylation is 2. The summed E-state index contributed by atoms with van der Waals surface area (Å²) in [5.41, 5.74) is 2.88. The molecule has 0 saturated carbocycles. The summed E-state index contributed by atoms with van der Waals surface area (Å²) in [5, 5.41) is 13.7. The zero-order chi connectivity index (χ0) is 15.8. The summed E-state index contributed by atoms with van der Waals surface area (Å²) in [6.07, 6.45) is 1.47. The Kier molecular flexibility index (Phi) is 3.30. The fraction of sp³-hybridized carbons (Fsp3) is 0.133. The van der Waals surface area contributed by atoms with Gasteiger partial charge in [-0.1, -0.05) is 18.2 Å². The van der Waals surface area contributed by atoms with Gasteiger partial charge >= 0.3 is 0 Å². The number of benzene rings is 1. The largest absolute Gasteiger partial charge is 0.411 e. The quantitative estimate of drug-likeness (QED) is 0.536. The summed E-state index contributed by atoms with van der Waals surface area (Å²) >= 11 is 1.34. The van der Waals surface area contributed by atoms with Crippen molar-refractivity contribution in [1.29, 1.82) is 0 Å². The SMILES string of the molecule is Cc1cc(Sc2nnc(-c3ccccc3C)o2)n2ncnc2n1. The van der Waals surface area contributed by atoms with Crippen molar-refractivity contribution >= 4 is 17.5 Å². The third-order valence-corrected chi connectivity index (χ3v) is 4.16. The summed E-state index contributed by atoms with van der Waals surface area (Å²) in [4.78, 5) is 8.42. The minimum absolute atomic E-state index is 0.450. The van der Waals surface area contributed by atoms with Gasteiger partial charge in [0.05, 0.1) is 0 Å². The van der Waals surface area contributed by atoms with Crippen molar-refractivity contribution < 1.29 is 4.42 Å². The minimum atomic E-state index is 0.450. The third kappa shape index (κ3) is 2.57. The second kappa shape index (κ2) is 5.47. The van der Waals surface area contributed by atoms with Crippen molar-refractivity contribution in [2.45, 2.75) is 24.1 Å². The smallest absolute Gasteiger partial charge is 0.283 e. The van der Waals surface area contributed by atoms with Crippen LogP contribution in [0.3, 0.4) is 0 Å². The molecule has 0 radical (unpaired) electrons. The topological polar surface area (TPSA) is 82.0 Å². The fourth-order valence-electron chi connectivity index (χ4n) is 2.23. The van der Waals surface area contributed by atoms with Crippen molar-refractivity contribution in [3.05, 3.63) is 47.9 Å². The molecule has 0 unspecified atom stereocenters. The van der Waals surface area contributed by atoms with Crippen LogP contribution in [0.25, 0.3) is 17.2 Å². The van der Waals surface area contributed by atoms with E-state index in [1.807, 2.05) is 44.2 Å². The maximum absolute atomic E-state index is 5.78. The highest BCUT2D eigenvalue weighted by molar-refractivity contribution is 7.99. The summed E-state index contributed by atoms with van der Waals surface area (Å²) < 4.78 is 7.43. The van der Waals surface area contributed by atoms with Crippen molar-refractivity contribution in [2.75, 3.05) is 0 Å². The highest BCUT2D eigenvalue weighted by atomic mass is 32.2. The molecule has 7 nitrogen and oxygen atoms in total. The highest BCUT2D eigenvalue weighted by Crippen LogP contribution is 2.30. The summed E-state index contributed by atoms with van der Waals surface area (Å²) in [6.45, 7) is 3.92. The van der Waals surface area contributed by atoms with E-state index in [9.17, 15) is 0 Å². The Morgan fingerprint density at radius 3 is 2.87 bits per heavy atom. The van der Waals surface area contributed by atoms with E-state index in [0.717, 1.165) is 21.8 Å². The molecule has 114 valence electrons. The van der Waals surface area contributed by atoms with Crippen LogP contribution in [0.15, 0.2) is 51.3 Å². The van der Waals surface area contributed by atoms with Gasteiger partial charge in [-0.15, -0.1) is 10.2 Å². The molecule has 8 heteroatoms. The predicted molar refractivity (Wildman–Crippen MR) is 84.1 cm³/mol. The van der Waals surface area contributed by atoms with Gasteiger partial charge in [0.25, 0.3) is 11.0 Å². The van der Waals surface area contributed by atoms with Gasteiger partial charge in [0.1, 0.15) is 11.4 Å². The molecule has 0 aliphatic rings. The molecule has 23 heavy (non-hydrogen) atoms. The molecule has 0 spiro atoms. The van der Waals surface area contributed by atoms with Crippen LogP contribution in [0.1, 0.15) is 11.3 Å². The minimum Gasteiger partial charge on any atom is -0.411 e. The molecule has 0 fully saturated rings. The van der Waals surface area contributed by atoms with E-state index in [4.69, 9.17) is 4.42 Å². The summed E-state index contributed by atoms with van der Waals surface area (Å²) in [5.74, 6) is 1.05. The van der Waals surface area contributed by atoms with Crippen LogP contribution >= 0.6 is 11.8 Å². The van der Waals surface area contributed by atoms with Gasteiger partial charge in [-0.05, 0) is 43.3 Å². The van der Waals surface area contributed by atoms with Gasteiger partial charge in [0.15, 0.2) is 0 Å². The van der Waals surface area contributed by atoms with Crippen LogP contribution in [-0.2, 0) is 0 Å². The molecule has 4 rings (SSSR count). The second-order valence-corrected chi connectivity index (χ2v) is 5.97. The lowest BCUT2D eigenvalue weighted by molar-refractivity contribution is 0.465.